The van der Waals surface area contributed by atoms with Crippen LogP contribution in [-0.2, 0) is 34.0 Å². The maximum absolute atomic E-state index is 12.6. The molecule has 3 heterocycles. The molecule has 8 nitrogen and oxygen atoms in total. The smallest absolute Gasteiger partial charge is 0.226 e. The number of hydrogen-bond donors (Lipinski definition) is 1. The van der Waals surface area contributed by atoms with Crippen molar-refractivity contribution in [3.05, 3.63) is 17.5 Å². The summed E-state index contributed by atoms with van der Waals surface area (Å²) in [6.45, 7) is 8.05. The van der Waals surface area contributed by atoms with E-state index in [9.17, 15) is 9.59 Å². The highest BCUT2D eigenvalue weighted by molar-refractivity contribution is 5.79. The zero-order valence-electron chi connectivity index (χ0n) is 17.4. The first-order valence-corrected chi connectivity index (χ1v) is 11.0. The molecule has 1 unspecified atom stereocenters. The first-order chi connectivity index (χ1) is 14.1. The molecule has 1 N–H and O–H groups in total. The number of rotatable bonds is 6. The molecule has 4 rings (SSSR count). The molecule has 0 spiro atoms. The number of hydrogen-bond acceptors (Lipinski definition) is 5. The SMILES string of the molecule is CC(CC(=O)NCc1cc2n(n1)CCCN(C(=O)C1CCC1)C2)N1CCOCC1. The van der Waals surface area contributed by atoms with Crippen LogP contribution in [0.15, 0.2) is 6.07 Å². The lowest BCUT2D eigenvalue weighted by Gasteiger charge is -2.31. The molecule has 3 aliphatic rings. The maximum atomic E-state index is 12.6. The number of carbonyl (C=O) groups excluding carboxylic acids is 2. The van der Waals surface area contributed by atoms with Gasteiger partial charge in [0.1, 0.15) is 0 Å². The van der Waals surface area contributed by atoms with Crippen LogP contribution >= 0.6 is 0 Å². The molecule has 1 saturated heterocycles. The van der Waals surface area contributed by atoms with Crippen LogP contribution in [0.4, 0.5) is 0 Å². The van der Waals surface area contributed by atoms with E-state index in [4.69, 9.17) is 4.74 Å². The number of aryl methyl sites for hydroxylation is 1. The van der Waals surface area contributed by atoms with Crippen molar-refractivity contribution in [2.75, 3.05) is 32.8 Å². The number of nitrogens with zero attached hydrogens (tertiary/aromatic N) is 4. The fourth-order valence-electron chi connectivity index (χ4n) is 4.39. The van der Waals surface area contributed by atoms with Crippen molar-refractivity contribution in [2.45, 2.75) is 64.7 Å². The maximum Gasteiger partial charge on any atom is 0.226 e. The van der Waals surface area contributed by atoms with E-state index in [1.807, 2.05) is 15.6 Å². The largest absolute Gasteiger partial charge is 0.379 e. The van der Waals surface area contributed by atoms with Crippen molar-refractivity contribution in [2.24, 2.45) is 5.92 Å². The Labute approximate surface area is 172 Å². The lowest BCUT2D eigenvalue weighted by Crippen LogP contribution is -2.44. The Morgan fingerprint density at radius 3 is 2.72 bits per heavy atom. The van der Waals surface area contributed by atoms with Crippen LogP contribution in [0.5, 0.6) is 0 Å². The van der Waals surface area contributed by atoms with Gasteiger partial charge < -0.3 is 15.0 Å². The van der Waals surface area contributed by atoms with Crippen molar-refractivity contribution in [1.29, 1.82) is 0 Å². The summed E-state index contributed by atoms with van der Waals surface area (Å²) in [6, 6.07) is 2.25. The van der Waals surface area contributed by atoms with Crippen LogP contribution in [0.2, 0.25) is 0 Å². The highest BCUT2D eigenvalue weighted by Gasteiger charge is 2.31. The number of ether oxygens (including phenoxy) is 1. The second kappa shape index (κ2) is 9.26. The Hall–Kier alpha value is -1.93. The Kier molecular flexibility index (Phi) is 6.50. The molecule has 2 fully saturated rings. The summed E-state index contributed by atoms with van der Waals surface area (Å²) in [5.74, 6) is 0.587. The first-order valence-electron chi connectivity index (χ1n) is 11.0. The Morgan fingerprint density at radius 1 is 1.21 bits per heavy atom. The van der Waals surface area contributed by atoms with Gasteiger partial charge >= 0.3 is 0 Å². The fourth-order valence-corrected chi connectivity index (χ4v) is 4.39. The lowest BCUT2D eigenvalue weighted by molar-refractivity contribution is -0.138. The van der Waals surface area contributed by atoms with E-state index in [0.29, 0.717) is 25.4 Å². The van der Waals surface area contributed by atoms with Crippen molar-refractivity contribution in [3.8, 4) is 0 Å². The average molecular weight is 404 g/mol. The molecule has 1 atom stereocenters. The van der Waals surface area contributed by atoms with Gasteiger partial charge in [0.05, 0.1) is 37.7 Å². The third-order valence-corrected chi connectivity index (χ3v) is 6.45. The third-order valence-electron chi connectivity index (χ3n) is 6.45. The quantitative estimate of drug-likeness (QED) is 0.771. The number of fused-ring (bicyclic) bond motifs is 1. The van der Waals surface area contributed by atoms with Crippen molar-refractivity contribution < 1.29 is 14.3 Å². The van der Waals surface area contributed by atoms with Gasteiger partial charge in [0.25, 0.3) is 0 Å². The minimum atomic E-state index is 0.0500. The van der Waals surface area contributed by atoms with Crippen LogP contribution in [-0.4, -0.2) is 70.3 Å². The molecule has 0 radical (unpaired) electrons. The molecule has 29 heavy (non-hydrogen) atoms. The van der Waals surface area contributed by atoms with Crippen LogP contribution < -0.4 is 5.32 Å². The van der Waals surface area contributed by atoms with Gasteiger partial charge in [-0.15, -0.1) is 0 Å². The molecule has 1 aromatic rings. The van der Waals surface area contributed by atoms with Gasteiger partial charge in [-0.3, -0.25) is 19.2 Å². The number of carbonyl (C=O) groups is 2. The molecule has 0 aromatic carbocycles. The highest BCUT2D eigenvalue weighted by atomic mass is 16.5. The topological polar surface area (TPSA) is 79.7 Å². The van der Waals surface area contributed by atoms with Gasteiger partial charge in [-0.25, -0.2) is 0 Å². The molecular weight excluding hydrogens is 370 g/mol. The summed E-state index contributed by atoms with van der Waals surface area (Å²) in [6.07, 6.45) is 4.66. The molecule has 160 valence electrons. The van der Waals surface area contributed by atoms with E-state index < -0.39 is 0 Å². The predicted octanol–water partition coefficient (Wildman–Crippen LogP) is 1.14. The van der Waals surface area contributed by atoms with Crippen LogP contribution in [0.1, 0.15) is 50.4 Å². The van der Waals surface area contributed by atoms with Gasteiger partial charge in [0, 0.05) is 44.6 Å². The zero-order chi connectivity index (χ0) is 20.2. The summed E-state index contributed by atoms with van der Waals surface area (Å²) in [7, 11) is 0. The van der Waals surface area contributed by atoms with Gasteiger partial charge in [0.15, 0.2) is 0 Å². The second-order valence-electron chi connectivity index (χ2n) is 8.57. The molecule has 8 heteroatoms. The summed E-state index contributed by atoms with van der Waals surface area (Å²) in [5.41, 5.74) is 1.94. The zero-order valence-corrected chi connectivity index (χ0v) is 17.4. The van der Waals surface area contributed by atoms with Crippen LogP contribution in [0, 0.1) is 5.92 Å². The van der Waals surface area contributed by atoms with Crippen molar-refractivity contribution in [1.82, 2.24) is 24.9 Å². The second-order valence-corrected chi connectivity index (χ2v) is 8.57. The summed E-state index contributed by atoms with van der Waals surface area (Å²) >= 11 is 0. The van der Waals surface area contributed by atoms with E-state index in [-0.39, 0.29) is 17.9 Å². The average Bonchev–Trinajstić information content (AvgIpc) is 2.95. The van der Waals surface area contributed by atoms with E-state index in [2.05, 4.69) is 22.2 Å². The van der Waals surface area contributed by atoms with Gasteiger partial charge in [0.2, 0.25) is 11.8 Å². The Balaban J connectivity index is 1.28. The highest BCUT2D eigenvalue weighted by Crippen LogP contribution is 2.29. The fraction of sp³-hybridized carbons (Fsp3) is 0.762. The van der Waals surface area contributed by atoms with Crippen LogP contribution in [0.3, 0.4) is 0 Å². The predicted molar refractivity (Wildman–Crippen MR) is 108 cm³/mol. The molecule has 2 aliphatic heterocycles. The first kappa shape index (κ1) is 20.3. The number of amides is 2. The Morgan fingerprint density at radius 2 is 2.00 bits per heavy atom. The van der Waals surface area contributed by atoms with Gasteiger partial charge in [-0.1, -0.05) is 6.42 Å². The van der Waals surface area contributed by atoms with E-state index in [1.54, 1.807) is 0 Å². The molecule has 1 aromatic heterocycles. The summed E-state index contributed by atoms with van der Waals surface area (Å²) < 4.78 is 7.38. The van der Waals surface area contributed by atoms with E-state index >= 15 is 0 Å². The van der Waals surface area contributed by atoms with Crippen molar-refractivity contribution >= 4 is 11.8 Å². The molecule has 0 bridgehead atoms. The minimum Gasteiger partial charge on any atom is -0.379 e. The lowest BCUT2D eigenvalue weighted by atomic mass is 9.84. The normalized spacial score (nSPS) is 21.8. The Bertz CT molecular complexity index is 724. The summed E-state index contributed by atoms with van der Waals surface area (Å²) in [5, 5.41) is 7.67. The van der Waals surface area contributed by atoms with E-state index in [0.717, 1.165) is 70.0 Å². The minimum absolute atomic E-state index is 0.0500. The standard InChI is InChI=1S/C21H33N5O3/c1-16(24-8-10-29-11-9-24)12-20(27)22-14-18-13-19-15-25(6-3-7-26(19)23-18)21(28)17-4-2-5-17/h13,16-17H,2-12,14-15H2,1H3,(H,22,27). The number of nitrogens with one attached hydrogen (secondary N) is 1. The monoisotopic (exact) mass is 403 g/mol. The van der Waals surface area contributed by atoms with Gasteiger partial charge in [-0.2, -0.15) is 5.10 Å². The van der Waals surface area contributed by atoms with Crippen molar-refractivity contribution in [3.63, 3.8) is 0 Å². The van der Waals surface area contributed by atoms with Gasteiger partial charge in [-0.05, 0) is 32.3 Å². The molecule has 1 aliphatic carbocycles. The summed E-state index contributed by atoms with van der Waals surface area (Å²) in [4.78, 5) is 29.3. The molecular formula is C21H33N5O3. The number of morpholine rings is 1. The third kappa shape index (κ3) is 4.98. The van der Waals surface area contributed by atoms with Crippen LogP contribution in [0.25, 0.3) is 0 Å². The van der Waals surface area contributed by atoms with E-state index in [1.165, 1.54) is 6.42 Å². The number of aromatic nitrogens is 2. The molecule has 1 saturated carbocycles. The molecule has 2 amide bonds.